The van der Waals surface area contributed by atoms with Crippen LogP contribution in [0.5, 0.6) is 0 Å². The standard InChI is InChI=1S/C27H34N2O3/c1-29(19-13-5-3-2-4-6-14-20-30)22-25-21-28-26(32-25)27(31,23-15-9-7-10-16-23)24-17-11-8-12-18-24/h7-12,15-18,20-21,31H,2-6,13-14,19,22H2,1H3. The lowest BCUT2D eigenvalue weighted by atomic mass is 9.86. The second-order valence-corrected chi connectivity index (χ2v) is 8.39. The van der Waals surface area contributed by atoms with Crippen molar-refractivity contribution in [2.75, 3.05) is 13.6 Å². The fraction of sp³-hybridized carbons (Fsp3) is 0.407. The Bertz CT molecular complexity index is 885. The molecule has 0 saturated carbocycles. The number of rotatable bonds is 14. The highest BCUT2D eigenvalue weighted by Gasteiger charge is 2.38. The predicted molar refractivity (Wildman–Crippen MR) is 126 cm³/mol. The van der Waals surface area contributed by atoms with Gasteiger partial charge in [-0.3, -0.25) is 4.90 Å². The summed E-state index contributed by atoms with van der Waals surface area (Å²) in [5, 5.41) is 11.8. The van der Waals surface area contributed by atoms with Crippen molar-refractivity contribution in [2.24, 2.45) is 0 Å². The third-order valence-electron chi connectivity index (χ3n) is 5.78. The SMILES string of the molecule is CN(CCCCCCCCC=O)Cc1cnc(C(O)(c2ccccc2)c2ccccc2)o1. The van der Waals surface area contributed by atoms with Crippen LogP contribution in [0.15, 0.2) is 71.3 Å². The minimum absolute atomic E-state index is 0.286. The van der Waals surface area contributed by atoms with E-state index >= 15 is 0 Å². The lowest BCUT2D eigenvalue weighted by molar-refractivity contribution is -0.107. The summed E-state index contributed by atoms with van der Waals surface area (Å²) >= 11 is 0. The quantitative estimate of drug-likeness (QED) is 0.275. The van der Waals surface area contributed by atoms with Gasteiger partial charge in [0.1, 0.15) is 12.0 Å². The first-order valence-electron chi connectivity index (χ1n) is 11.6. The van der Waals surface area contributed by atoms with Gasteiger partial charge in [0, 0.05) is 6.42 Å². The summed E-state index contributed by atoms with van der Waals surface area (Å²) in [5.41, 5.74) is 0.00520. The van der Waals surface area contributed by atoms with Gasteiger partial charge in [0.15, 0.2) is 5.60 Å². The molecule has 1 heterocycles. The fourth-order valence-corrected chi connectivity index (χ4v) is 3.98. The number of carbonyl (C=O) groups is 1. The van der Waals surface area contributed by atoms with E-state index in [2.05, 4.69) is 16.9 Å². The molecule has 32 heavy (non-hydrogen) atoms. The number of hydrogen-bond donors (Lipinski definition) is 1. The molecule has 0 unspecified atom stereocenters. The van der Waals surface area contributed by atoms with Gasteiger partial charge in [-0.25, -0.2) is 4.98 Å². The van der Waals surface area contributed by atoms with Gasteiger partial charge in [0.25, 0.3) is 0 Å². The smallest absolute Gasteiger partial charge is 0.236 e. The second kappa shape index (κ2) is 12.3. The summed E-state index contributed by atoms with van der Waals surface area (Å²) in [5.74, 6) is 1.02. The lowest BCUT2D eigenvalue weighted by Crippen LogP contribution is -2.29. The minimum atomic E-state index is -1.44. The zero-order valence-electron chi connectivity index (χ0n) is 19.0. The molecule has 0 spiro atoms. The average Bonchev–Trinajstić information content (AvgIpc) is 3.30. The molecule has 0 bridgehead atoms. The Morgan fingerprint density at radius 1 is 0.906 bits per heavy atom. The van der Waals surface area contributed by atoms with Gasteiger partial charge in [-0.2, -0.15) is 0 Å². The summed E-state index contributed by atoms with van der Waals surface area (Å²) in [7, 11) is 2.08. The Kier molecular flexibility index (Phi) is 9.20. The van der Waals surface area contributed by atoms with Crippen LogP contribution in [0, 0.1) is 0 Å². The van der Waals surface area contributed by atoms with E-state index in [1.807, 2.05) is 60.7 Å². The molecular formula is C27H34N2O3. The molecule has 0 radical (unpaired) electrons. The summed E-state index contributed by atoms with van der Waals surface area (Å²) in [4.78, 5) is 17.0. The molecule has 0 fully saturated rings. The molecule has 170 valence electrons. The number of aliphatic hydroxyl groups is 1. The van der Waals surface area contributed by atoms with Gasteiger partial charge in [-0.05, 0) is 37.6 Å². The Morgan fingerprint density at radius 3 is 2.06 bits per heavy atom. The van der Waals surface area contributed by atoms with Crippen LogP contribution >= 0.6 is 0 Å². The maximum Gasteiger partial charge on any atom is 0.236 e. The number of carbonyl (C=O) groups excluding carboxylic acids is 1. The molecule has 0 amide bonds. The van der Waals surface area contributed by atoms with Crippen LogP contribution in [-0.2, 0) is 16.9 Å². The van der Waals surface area contributed by atoms with Gasteiger partial charge in [0.2, 0.25) is 5.89 Å². The van der Waals surface area contributed by atoms with Crippen LogP contribution in [0.4, 0.5) is 0 Å². The molecule has 3 rings (SSSR count). The van der Waals surface area contributed by atoms with E-state index in [0.29, 0.717) is 13.0 Å². The number of hydrogen-bond acceptors (Lipinski definition) is 5. The summed E-state index contributed by atoms with van der Waals surface area (Å²) in [6.45, 7) is 1.62. The normalized spacial score (nSPS) is 11.7. The molecule has 0 aliphatic carbocycles. The van der Waals surface area contributed by atoms with Gasteiger partial charge in [-0.1, -0.05) is 86.3 Å². The fourth-order valence-electron chi connectivity index (χ4n) is 3.98. The second-order valence-electron chi connectivity index (χ2n) is 8.39. The van der Waals surface area contributed by atoms with Crippen LogP contribution in [0.2, 0.25) is 0 Å². The van der Waals surface area contributed by atoms with E-state index in [9.17, 15) is 9.90 Å². The molecular weight excluding hydrogens is 400 g/mol. The first-order chi connectivity index (χ1) is 15.6. The average molecular weight is 435 g/mol. The Balaban J connectivity index is 1.59. The highest BCUT2D eigenvalue weighted by molar-refractivity contribution is 5.48. The van der Waals surface area contributed by atoms with E-state index in [1.54, 1.807) is 6.20 Å². The van der Waals surface area contributed by atoms with Gasteiger partial charge in [0.05, 0.1) is 12.7 Å². The third kappa shape index (κ3) is 6.38. The molecule has 1 aromatic heterocycles. The zero-order chi connectivity index (χ0) is 22.7. The van der Waals surface area contributed by atoms with Gasteiger partial charge < -0.3 is 14.3 Å². The van der Waals surface area contributed by atoms with Crippen molar-refractivity contribution in [3.8, 4) is 0 Å². The largest absolute Gasteiger partial charge is 0.441 e. The van der Waals surface area contributed by atoms with E-state index in [0.717, 1.165) is 49.0 Å². The summed E-state index contributed by atoms with van der Waals surface area (Å²) in [6.07, 6.45) is 10.3. The van der Waals surface area contributed by atoms with Crippen molar-refractivity contribution in [1.29, 1.82) is 0 Å². The summed E-state index contributed by atoms with van der Waals surface area (Å²) < 4.78 is 6.08. The molecule has 5 nitrogen and oxygen atoms in total. The molecule has 0 saturated heterocycles. The zero-order valence-corrected chi connectivity index (χ0v) is 19.0. The molecule has 3 aromatic rings. The highest BCUT2D eigenvalue weighted by Crippen LogP contribution is 2.36. The van der Waals surface area contributed by atoms with E-state index in [4.69, 9.17) is 4.42 Å². The molecule has 2 aromatic carbocycles. The highest BCUT2D eigenvalue weighted by atomic mass is 16.4. The van der Waals surface area contributed by atoms with Crippen LogP contribution in [0.3, 0.4) is 0 Å². The van der Waals surface area contributed by atoms with Crippen LogP contribution in [-0.4, -0.2) is 34.9 Å². The molecule has 5 heteroatoms. The molecule has 0 atom stereocenters. The monoisotopic (exact) mass is 434 g/mol. The number of oxazole rings is 1. The van der Waals surface area contributed by atoms with Gasteiger partial charge in [-0.15, -0.1) is 0 Å². The predicted octanol–water partition coefficient (Wildman–Crippen LogP) is 5.32. The van der Waals surface area contributed by atoms with Crippen molar-refractivity contribution < 1.29 is 14.3 Å². The first kappa shape index (κ1) is 23.9. The maximum absolute atomic E-state index is 11.8. The van der Waals surface area contributed by atoms with Crippen molar-refractivity contribution in [3.63, 3.8) is 0 Å². The Labute approximate surface area is 191 Å². The Morgan fingerprint density at radius 2 is 1.47 bits per heavy atom. The number of benzene rings is 2. The Hall–Kier alpha value is -2.76. The number of aromatic nitrogens is 1. The van der Waals surface area contributed by atoms with Crippen molar-refractivity contribution in [3.05, 3.63) is 89.6 Å². The first-order valence-corrected chi connectivity index (χ1v) is 11.6. The van der Waals surface area contributed by atoms with E-state index in [-0.39, 0.29) is 5.89 Å². The molecule has 0 aliphatic heterocycles. The van der Waals surface area contributed by atoms with Gasteiger partial charge >= 0.3 is 0 Å². The maximum atomic E-state index is 11.8. The lowest BCUT2D eigenvalue weighted by Gasteiger charge is -2.26. The number of aldehydes is 1. The van der Waals surface area contributed by atoms with Crippen molar-refractivity contribution in [1.82, 2.24) is 9.88 Å². The summed E-state index contributed by atoms with van der Waals surface area (Å²) in [6, 6.07) is 19.0. The topological polar surface area (TPSA) is 66.6 Å². The van der Waals surface area contributed by atoms with Crippen LogP contribution in [0.25, 0.3) is 0 Å². The number of nitrogens with zero attached hydrogens (tertiary/aromatic N) is 2. The van der Waals surface area contributed by atoms with Crippen molar-refractivity contribution >= 4 is 6.29 Å². The minimum Gasteiger partial charge on any atom is -0.441 e. The van der Waals surface area contributed by atoms with E-state index in [1.165, 1.54) is 19.3 Å². The van der Waals surface area contributed by atoms with E-state index < -0.39 is 5.60 Å². The molecule has 1 N–H and O–H groups in total. The van der Waals surface area contributed by atoms with Crippen LogP contribution < -0.4 is 0 Å². The third-order valence-corrected chi connectivity index (χ3v) is 5.78. The van der Waals surface area contributed by atoms with Crippen molar-refractivity contribution in [2.45, 2.75) is 57.1 Å². The van der Waals surface area contributed by atoms with Crippen LogP contribution in [0.1, 0.15) is 67.7 Å². The molecule has 0 aliphatic rings. The number of unbranched alkanes of at least 4 members (excludes halogenated alkanes) is 6.